The molecule has 2 aromatic heterocycles. The van der Waals surface area contributed by atoms with Gasteiger partial charge in [-0.05, 0) is 48.5 Å². The number of nitrogens with two attached hydrogens (primary N) is 1. The quantitative estimate of drug-likeness (QED) is 0.545. The lowest BCUT2D eigenvalue weighted by molar-refractivity contribution is 0.585. The summed E-state index contributed by atoms with van der Waals surface area (Å²) in [6.45, 7) is 0. The van der Waals surface area contributed by atoms with Crippen LogP contribution in [0.3, 0.4) is 0 Å². The summed E-state index contributed by atoms with van der Waals surface area (Å²) in [6, 6.07) is 14.3. The predicted molar refractivity (Wildman–Crippen MR) is 98.8 cm³/mol. The Morgan fingerprint density at radius 2 is 1.54 bits per heavy atom. The van der Waals surface area contributed by atoms with Gasteiger partial charge < -0.3 is 15.5 Å². The third kappa shape index (κ3) is 3.19. The maximum absolute atomic E-state index is 6.13. The summed E-state index contributed by atoms with van der Waals surface area (Å²) in [5, 5.41) is 20.2. The molecule has 26 heavy (non-hydrogen) atoms. The van der Waals surface area contributed by atoms with Crippen LogP contribution in [0.5, 0.6) is 0 Å². The van der Waals surface area contributed by atoms with Crippen molar-refractivity contribution in [3.05, 3.63) is 58.6 Å². The van der Waals surface area contributed by atoms with Crippen molar-refractivity contribution in [1.29, 1.82) is 0 Å². The Labute approximate surface area is 157 Å². The molecule has 3 N–H and O–H groups in total. The summed E-state index contributed by atoms with van der Waals surface area (Å²) in [4.78, 5) is 0. The standard InChI is InChI=1S/C16H11Cl2N7O/c17-9-1-5-11(6-2-9)20-16-23-22-15(26-16)13-14(19)25(24-21-13)12-7-3-10(18)4-8-12/h1-8H,19H2,(H,20,23). The average molecular weight is 388 g/mol. The minimum atomic E-state index is 0.152. The highest BCUT2D eigenvalue weighted by atomic mass is 35.5. The van der Waals surface area contributed by atoms with Crippen molar-refractivity contribution in [2.24, 2.45) is 0 Å². The van der Waals surface area contributed by atoms with Gasteiger partial charge in [-0.15, -0.1) is 10.2 Å². The van der Waals surface area contributed by atoms with Crippen LogP contribution < -0.4 is 11.1 Å². The fourth-order valence-corrected chi connectivity index (χ4v) is 2.49. The van der Waals surface area contributed by atoms with Crippen LogP contribution in [-0.4, -0.2) is 25.2 Å². The average Bonchev–Trinajstić information content (AvgIpc) is 3.24. The van der Waals surface area contributed by atoms with E-state index in [4.69, 9.17) is 33.4 Å². The van der Waals surface area contributed by atoms with Crippen LogP contribution in [0.15, 0.2) is 52.9 Å². The molecule has 2 aromatic carbocycles. The molecule has 2 heterocycles. The number of nitrogens with one attached hydrogen (secondary N) is 1. The van der Waals surface area contributed by atoms with Crippen LogP contribution in [-0.2, 0) is 0 Å². The second-order valence-corrected chi connectivity index (χ2v) is 6.13. The third-order valence-corrected chi connectivity index (χ3v) is 4.00. The Bertz CT molecular complexity index is 1040. The van der Waals surface area contributed by atoms with Crippen LogP contribution >= 0.6 is 23.2 Å². The first-order valence-electron chi connectivity index (χ1n) is 7.44. The molecule has 0 radical (unpaired) electrons. The minimum Gasteiger partial charge on any atom is -0.401 e. The smallest absolute Gasteiger partial charge is 0.320 e. The molecule has 4 rings (SSSR count). The summed E-state index contributed by atoms with van der Waals surface area (Å²) in [5.41, 5.74) is 7.88. The molecular weight excluding hydrogens is 377 g/mol. The molecule has 8 nitrogen and oxygen atoms in total. The summed E-state index contributed by atoms with van der Waals surface area (Å²) in [7, 11) is 0. The Morgan fingerprint density at radius 1 is 0.885 bits per heavy atom. The summed E-state index contributed by atoms with van der Waals surface area (Å²) >= 11 is 11.8. The van der Waals surface area contributed by atoms with Gasteiger partial charge in [-0.3, -0.25) is 0 Å². The lowest BCUT2D eigenvalue weighted by atomic mass is 10.3. The van der Waals surface area contributed by atoms with Crippen LogP contribution in [0, 0.1) is 0 Å². The number of anilines is 3. The molecule has 0 amide bonds. The molecule has 0 unspecified atom stereocenters. The number of aromatic nitrogens is 5. The van der Waals surface area contributed by atoms with Crippen molar-refractivity contribution in [3.8, 4) is 17.3 Å². The topological polar surface area (TPSA) is 108 Å². The van der Waals surface area contributed by atoms with Crippen LogP contribution in [0.25, 0.3) is 17.3 Å². The molecule has 0 saturated carbocycles. The van der Waals surface area contributed by atoms with Crippen LogP contribution in [0.4, 0.5) is 17.5 Å². The van der Waals surface area contributed by atoms with E-state index in [0.29, 0.717) is 15.7 Å². The van der Waals surface area contributed by atoms with E-state index in [1.54, 1.807) is 48.5 Å². The first-order chi connectivity index (χ1) is 12.6. The SMILES string of the molecule is Nc1c(-c2nnc(Nc3ccc(Cl)cc3)o2)nnn1-c1ccc(Cl)cc1. The van der Waals surface area contributed by atoms with Crippen molar-refractivity contribution in [1.82, 2.24) is 25.2 Å². The number of benzene rings is 2. The Morgan fingerprint density at radius 3 is 2.23 bits per heavy atom. The van der Waals surface area contributed by atoms with Gasteiger partial charge in [0.1, 0.15) is 0 Å². The van der Waals surface area contributed by atoms with E-state index in [1.807, 2.05) is 0 Å². The lowest BCUT2D eigenvalue weighted by Crippen LogP contribution is -2.02. The van der Waals surface area contributed by atoms with E-state index in [2.05, 4.69) is 25.8 Å². The highest BCUT2D eigenvalue weighted by molar-refractivity contribution is 6.30. The summed E-state index contributed by atoms with van der Waals surface area (Å²) in [5.74, 6) is 0.424. The Hall–Kier alpha value is -3.10. The monoisotopic (exact) mass is 387 g/mol. The second-order valence-electron chi connectivity index (χ2n) is 5.26. The first-order valence-corrected chi connectivity index (χ1v) is 8.19. The van der Waals surface area contributed by atoms with Crippen LogP contribution in [0.2, 0.25) is 10.0 Å². The summed E-state index contributed by atoms with van der Waals surface area (Å²) < 4.78 is 7.03. The largest absolute Gasteiger partial charge is 0.401 e. The van der Waals surface area contributed by atoms with E-state index in [9.17, 15) is 0 Å². The molecule has 0 atom stereocenters. The number of nitrogen functional groups attached to an aromatic ring is 1. The molecule has 0 saturated heterocycles. The van der Waals surface area contributed by atoms with Crippen molar-refractivity contribution in [2.75, 3.05) is 11.1 Å². The summed E-state index contributed by atoms with van der Waals surface area (Å²) in [6.07, 6.45) is 0. The highest BCUT2D eigenvalue weighted by Gasteiger charge is 2.19. The van der Waals surface area contributed by atoms with E-state index >= 15 is 0 Å². The van der Waals surface area contributed by atoms with E-state index in [1.165, 1.54) is 4.68 Å². The first kappa shape index (κ1) is 16.4. The maximum Gasteiger partial charge on any atom is 0.320 e. The minimum absolute atomic E-state index is 0.152. The number of rotatable bonds is 4. The molecular formula is C16H11Cl2N7O. The number of hydrogen-bond donors (Lipinski definition) is 2. The number of halogens is 2. The molecule has 0 fully saturated rings. The van der Waals surface area contributed by atoms with E-state index < -0.39 is 0 Å². The molecule has 0 spiro atoms. The molecule has 10 heteroatoms. The van der Waals surface area contributed by atoms with Gasteiger partial charge in [0.05, 0.1) is 5.69 Å². The molecule has 130 valence electrons. The maximum atomic E-state index is 6.13. The number of nitrogens with zero attached hydrogens (tertiary/aromatic N) is 5. The van der Waals surface area contributed by atoms with E-state index in [0.717, 1.165) is 5.69 Å². The van der Waals surface area contributed by atoms with Gasteiger partial charge in [0.25, 0.3) is 5.89 Å². The zero-order valence-electron chi connectivity index (χ0n) is 13.1. The zero-order valence-corrected chi connectivity index (χ0v) is 14.6. The molecule has 0 aliphatic rings. The molecule has 0 bridgehead atoms. The molecule has 4 aromatic rings. The van der Waals surface area contributed by atoms with Gasteiger partial charge in [0.2, 0.25) is 0 Å². The molecule has 0 aliphatic carbocycles. The third-order valence-electron chi connectivity index (χ3n) is 3.50. The zero-order chi connectivity index (χ0) is 18.1. The van der Waals surface area contributed by atoms with Gasteiger partial charge in [0, 0.05) is 15.7 Å². The van der Waals surface area contributed by atoms with Gasteiger partial charge in [0.15, 0.2) is 11.5 Å². The fourth-order valence-electron chi connectivity index (χ4n) is 2.24. The predicted octanol–water partition coefficient (Wildman–Crippen LogP) is 3.95. The normalized spacial score (nSPS) is 10.8. The Kier molecular flexibility index (Phi) is 4.19. The molecule has 0 aliphatic heterocycles. The Balaban J connectivity index is 1.60. The van der Waals surface area contributed by atoms with Crippen molar-refractivity contribution in [3.63, 3.8) is 0 Å². The van der Waals surface area contributed by atoms with Crippen molar-refractivity contribution < 1.29 is 4.42 Å². The van der Waals surface area contributed by atoms with Crippen LogP contribution in [0.1, 0.15) is 0 Å². The second kappa shape index (κ2) is 6.66. The highest BCUT2D eigenvalue weighted by Crippen LogP contribution is 2.27. The fraction of sp³-hybridized carbons (Fsp3) is 0. The van der Waals surface area contributed by atoms with E-state index in [-0.39, 0.29) is 23.4 Å². The van der Waals surface area contributed by atoms with Crippen molar-refractivity contribution >= 4 is 40.7 Å². The van der Waals surface area contributed by atoms with Gasteiger partial charge in [-0.2, -0.15) is 4.68 Å². The van der Waals surface area contributed by atoms with Gasteiger partial charge in [-0.25, -0.2) is 0 Å². The van der Waals surface area contributed by atoms with Gasteiger partial charge >= 0.3 is 6.01 Å². The lowest BCUT2D eigenvalue weighted by Gasteiger charge is -2.02. The van der Waals surface area contributed by atoms with Crippen molar-refractivity contribution in [2.45, 2.75) is 0 Å². The van der Waals surface area contributed by atoms with Gasteiger partial charge in [-0.1, -0.05) is 33.5 Å². The number of hydrogen-bond acceptors (Lipinski definition) is 7.